The van der Waals surface area contributed by atoms with Crippen molar-refractivity contribution in [2.45, 2.75) is 44.3 Å². The first-order valence-corrected chi connectivity index (χ1v) is 9.26. The fourth-order valence-corrected chi connectivity index (χ4v) is 4.50. The zero-order chi connectivity index (χ0) is 19.1. The van der Waals surface area contributed by atoms with E-state index in [0.717, 1.165) is 31.7 Å². The highest BCUT2D eigenvalue weighted by atomic mass is 19.3. The van der Waals surface area contributed by atoms with Gasteiger partial charge in [0, 0.05) is 18.2 Å². The van der Waals surface area contributed by atoms with Crippen molar-refractivity contribution in [3.05, 3.63) is 35.9 Å². The van der Waals surface area contributed by atoms with Gasteiger partial charge in [-0.2, -0.15) is 0 Å². The van der Waals surface area contributed by atoms with Gasteiger partial charge >= 0.3 is 0 Å². The summed E-state index contributed by atoms with van der Waals surface area (Å²) in [7, 11) is 1.83. The van der Waals surface area contributed by atoms with Crippen LogP contribution in [0.15, 0.2) is 30.3 Å². The Morgan fingerprint density at radius 2 is 1.93 bits per heavy atom. The maximum atomic E-state index is 14.8. The molecule has 2 fully saturated rings. The van der Waals surface area contributed by atoms with E-state index in [9.17, 15) is 18.3 Å². The van der Waals surface area contributed by atoms with Crippen LogP contribution in [0.25, 0.3) is 11.3 Å². The van der Waals surface area contributed by atoms with Crippen molar-refractivity contribution in [1.82, 2.24) is 10.2 Å². The maximum absolute atomic E-state index is 14.8. The number of halogens is 3. The van der Waals surface area contributed by atoms with E-state index in [1.807, 2.05) is 11.9 Å². The van der Waals surface area contributed by atoms with E-state index in [0.29, 0.717) is 23.0 Å². The number of anilines is 1. The van der Waals surface area contributed by atoms with Gasteiger partial charge < -0.3 is 10.0 Å². The summed E-state index contributed by atoms with van der Waals surface area (Å²) < 4.78 is 40.2. The molecule has 2 saturated carbocycles. The number of nitrogens with zero attached hydrogens (tertiary/aromatic N) is 3. The minimum Gasteiger partial charge on any atom is -0.507 e. The Labute approximate surface area is 156 Å². The van der Waals surface area contributed by atoms with Crippen LogP contribution in [0.2, 0.25) is 0 Å². The van der Waals surface area contributed by atoms with E-state index in [1.165, 1.54) is 12.1 Å². The predicted molar refractivity (Wildman–Crippen MR) is 96.6 cm³/mol. The van der Waals surface area contributed by atoms with Crippen molar-refractivity contribution in [3.8, 4) is 17.0 Å². The van der Waals surface area contributed by atoms with Crippen LogP contribution in [0.5, 0.6) is 5.75 Å². The van der Waals surface area contributed by atoms with Crippen molar-refractivity contribution in [2.24, 2.45) is 11.8 Å². The van der Waals surface area contributed by atoms with Crippen LogP contribution in [-0.4, -0.2) is 34.6 Å². The van der Waals surface area contributed by atoms with E-state index in [-0.39, 0.29) is 23.3 Å². The van der Waals surface area contributed by atoms with E-state index >= 15 is 0 Å². The molecule has 27 heavy (non-hydrogen) atoms. The summed E-state index contributed by atoms with van der Waals surface area (Å²) in [4.78, 5) is 1.85. The number of benzene rings is 1. The number of rotatable bonds is 4. The van der Waals surface area contributed by atoms with Crippen molar-refractivity contribution < 1.29 is 18.3 Å². The minimum absolute atomic E-state index is 0.147. The van der Waals surface area contributed by atoms with Crippen molar-refractivity contribution in [3.63, 3.8) is 0 Å². The molecule has 1 heterocycles. The number of aromatic nitrogens is 2. The zero-order valence-electron chi connectivity index (χ0n) is 15.0. The van der Waals surface area contributed by atoms with Gasteiger partial charge in [-0.3, -0.25) is 0 Å². The third-order valence-corrected chi connectivity index (χ3v) is 6.03. The van der Waals surface area contributed by atoms with Crippen molar-refractivity contribution in [1.29, 1.82) is 0 Å². The number of aromatic hydroxyl groups is 1. The standard InChI is InChI=1S/C20H22F3N3O/c1-26(16-9-11-2-3-12(8-11)19(16)21)18-7-6-15(24-25-18)14-5-4-13(20(22)23)10-17(14)27/h4-7,10-12,16,19-20,27H,2-3,8-9H2,1H3/t11-,12+,16+,19-/m1/s1. The van der Waals surface area contributed by atoms with Crippen LogP contribution >= 0.6 is 0 Å². The van der Waals surface area contributed by atoms with E-state index in [4.69, 9.17) is 0 Å². The number of phenols is 1. The highest BCUT2D eigenvalue weighted by molar-refractivity contribution is 5.67. The first kappa shape index (κ1) is 18.1. The highest BCUT2D eigenvalue weighted by Gasteiger charge is 2.44. The smallest absolute Gasteiger partial charge is 0.263 e. The lowest BCUT2D eigenvalue weighted by Crippen LogP contribution is -2.46. The largest absolute Gasteiger partial charge is 0.507 e. The average molecular weight is 377 g/mol. The van der Waals surface area contributed by atoms with Crippen LogP contribution in [0, 0.1) is 11.8 Å². The van der Waals surface area contributed by atoms with Crippen molar-refractivity contribution in [2.75, 3.05) is 11.9 Å². The molecule has 0 saturated heterocycles. The molecule has 7 heteroatoms. The summed E-state index contributed by atoms with van der Waals surface area (Å²) in [5.74, 6) is 1.04. The molecule has 0 radical (unpaired) electrons. The predicted octanol–water partition coefficient (Wildman–Crippen LogP) is 4.75. The molecule has 2 bridgehead atoms. The zero-order valence-corrected chi connectivity index (χ0v) is 15.0. The van der Waals surface area contributed by atoms with Gasteiger partial charge in [-0.05, 0) is 61.8 Å². The van der Waals surface area contributed by atoms with Gasteiger partial charge in [0.2, 0.25) is 0 Å². The highest BCUT2D eigenvalue weighted by Crippen LogP contribution is 2.45. The lowest BCUT2D eigenvalue weighted by Gasteiger charge is -2.38. The molecule has 2 aromatic rings. The maximum Gasteiger partial charge on any atom is 0.263 e. The molecule has 1 N–H and O–H groups in total. The van der Waals surface area contributed by atoms with E-state index in [1.54, 1.807) is 12.1 Å². The van der Waals surface area contributed by atoms with Gasteiger partial charge in [0.1, 0.15) is 11.9 Å². The summed E-state index contributed by atoms with van der Waals surface area (Å²) >= 11 is 0. The van der Waals surface area contributed by atoms with Gasteiger partial charge in [-0.1, -0.05) is 6.07 Å². The molecule has 1 aromatic carbocycles. The van der Waals surface area contributed by atoms with Crippen LogP contribution in [0.1, 0.15) is 37.7 Å². The SMILES string of the molecule is CN(c1ccc(-c2ccc(C(F)F)cc2O)nn1)[C@H]1C[C@@H]2CC[C@@H](C2)[C@H]1F. The number of hydrogen-bond acceptors (Lipinski definition) is 4. The second-order valence-electron chi connectivity index (χ2n) is 7.65. The molecule has 0 spiro atoms. The molecule has 4 nitrogen and oxygen atoms in total. The molecular formula is C20H22F3N3O. The lowest BCUT2D eigenvalue weighted by molar-refractivity contribution is 0.144. The van der Waals surface area contributed by atoms with Crippen LogP contribution < -0.4 is 4.90 Å². The number of fused-ring (bicyclic) bond motifs is 2. The second-order valence-corrected chi connectivity index (χ2v) is 7.65. The third kappa shape index (κ3) is 3.35. The van der Waals surface area contributed by atoms with Gasteiger partial charge in [-0.25, -0.2) is 13.2 Å². The Hall–Kier alpha value is -2.31. The molecule has 0 amide bonds. The first-order chi connectivity index (χ1) is 12.9. The first-order valence-electron chi connectivity index (χ1n) is 9.26. The Balaban J connectivity index is 1.54. The molecule has 4 atom stereocenters. The number of phenolic OH excluding ortho intramolecular Hbond substituents is 1. The van der Waals surface area contributed by atoms with E-state index < -0.39 is 12.6 Å². The Bertz CT molecular complexity index is 815. The van der Waals surface area contributed by atoms with Crippen LogP contribution in [-0.2, 0) is 0 Å². The average Bonchev–Trinajstić information content (AvgIpc) is 3.08. The van der Waals surface area contributed by atoms with Gasteiger partial charge in [0.05, 0.1) is 11.7 Å². The van der Waals surface area contributed by atoms with Crippen molar-refractivity contribution >= 4 is 5.82 Å². The molecule has 4 rings (SSSR count). The Kier molecular flexibility index (Phi) is 4.70. The third-order valence-electron chi connectivity index (χ3n) is 6.03. The summed E-state index contributed by atoms with van der Waals surface area (Å²) in [6.07, 6.45) is 0.382. The quantitative estimate of drug-likeness (QED) is 0.835. The van der Waals surface area contributed by atoms with Gasteiger partial charge in [0.25, 0.3) is 6.43 Å². The summed E-state index contributed by atoms with van der Waals surface area (Å²) in [6, 6.07) is 6.89. The number of alkyl halides is 3. The fourth-order valence-electron chi connectivity index (χ4n) is 4.50. The lowest BCUT2D eigenvalue weighted by atomic mass is 9.83. The minimum atomic E-state index is -2.65. The topological polar surface area (TPSA) is 49.2 Å². The molecule has 2 aliphatic rings. The summed E-state index contributed by atoms with van der Waals surface area (Å²) in [5, 5.41) is 18.3. The molecule has 2 aliphatic carbocycles. The molecule has 1 aromatic heterocycles. The van der Waals surface area contributed by atoms with Crippen LogP contribution in [0.3, 0.4) is 0 Å². The molecular weight excluding hydrogens is 355 g/mol. The molecule has 0 aliphatic heterocycles. The molecule has 144 valence electrons. The second kappa shape index (κ2) is 7.02. The van der Waals surface area contributed by atoms with Gasteiger partial charge in [-0.15, -0.1) is 10.2 Å². The van der Waals surface area contributed by atoms with E-state index in [2.05, 4.69) is 10.2 Å². The Morgan fingerprint density at radius 1 is 1.11 bits per heavy atom. The monoisotopic (exact) mass is 377 g/mol. The summed E-state index contributed by atoms with van der Waals surface area (Å²) in [5.41, 5.74) is 0.465. The summed E-state index contributed by atoms with van der Waals surface area (Å²) in [6.45, 7) is 0. The van der Waals surface area contributed by atoms with Crippen LogP contribution in [0.4, 0.5) is 19.0 Å². The van der Waals surface area contributed by atoms with Gasteiger partial charge in [0.15, 0.2) is 5.82 Å². The number of hydrogen-bond donors (Lipinski definition) is 1. The fraction of sp³-hybridized carbons (Fsp3) is 0.500. The Morgan fingerprint density at radius 3 is 2.59 bits per heavy atom. The normalized spacial score (nSPS) is 27.1. The molecule has 0 unspecified atom stereocenters.